The van der Waals surface area contributed by atoms with Crippen molar-refractivity contribution in [3.8, 4) is 5.75 Å². The fourth-order valence-corrected chi connectivity index (χ4v) is 10.9. The molecule has 432 valence electrons. The molecular formula is C60H88FN5O12. The number of ketones is 1. The van der Waals surface area contributed by atoms with Crippen LogP contribution in [0.2, 0.25) is 0 Å². The summed E-state index contributed by atoms with van der Waals surface area (Å²) in [4.78, 5) is 82.1. The zero-order valence-corrected chi connectivity index (χ0v) is 47.4. The van der Waals surface area contributed by atoms with Crippen molar-refractivity contribution in [2.75, 3.05) is 6.54 Å². The van der Waals surface area contributed by atoms with Gasteiger partial charge in [0, 0.05) is 55.9 Å². The lowest BCUT2D eigenvalue weighted by atomic mass is 9.75. The van der Waals surface area contributed by atoms with Gasteiger partial charge in [-0.1, -0.05) is 103 Å². The van der Waals surface area contributed by atoms with Gasteiger partial charge in [-0.2, -0.15) is 0 Å². The third-order valence-corrected chi connectivity index (χ3v) is 16.3. The molecule has 1 aromatic rings. The summed E-state index contributed by atoms with van der Waals surface area (Å²) in [5.41, 5.74) is 4.11. The number of hydrazine groups is 1. The van der Waals surface area contributed by atoms with E-state index >= 15 is 0 Å². The highest BCUT2D eigenvalue weighted by Crippen LogP contribution is 2.43. The summed E-state index contributed by atoms with van der Waals surface area (Å²) >= 11 is 0. The predicted molar refractivity (Wildman–Crippen MR) is 294 cm³/mol. The third-order valence-electron chi connectivity index (χ3n) is 16.3. The number of cyclic esters (lactones) is 1. The van der Waals surface area contributed by atoms with Gasteiger partial charge in [-0.15, -0.1) is 0 Å². The van der Waals surface area contributed by atoms with Gasteiger partial charge in [-0.3, -0.25) is 29.0 Å². The van der Waals surface area contributed by atoms with Crippen LogP contribution in [0.15, 0.2) is 78.0 Å². The Morgan fingerprint density at radius 2 is 1.74 bits per heavy atom. The molecule has 4 heterocycles. The minimum absolute atomic E-state index is 0.000721. The molecule has 5 rings (SSSR count). The summed E-state index contributed by atoms with van der Waals surface area (Å²) in [6, 6.07) is -0.0374. The zero-order valence-electron chi connectivity index (χ0n) is 47.4. The Morgan fingerprint density at radius 3 is 2.42 bits per heavy atom. The van der Waals surface area contributed by atoms with E-state index in [2.05, 4.69) is 41.3 Å². The lowest BCUT2D eigenvalue weighted by Crippen LogP contribution is -2.64. The van der Waals surface area contributed by atoms with Gasteiger partial charge in [0.1, 0.15) is 30.0 Å². The molecule has 1 aromatic carbocycles. The molecule has 17 nitrogen and oxygen atoms in total. The number of carbonyl (C=O) groups excluding carboxylic acids is 6. The van der Waals surface area contributed by atoms with E-state index < -0.39 is 101 Å². The second-order valence-electron chi connectivity index (χ2n) is 22.8. The van der Waals surface area contributed by atoms with Gasteiger partial charge < -0.3 is 50.6 Å². The van der Waals surface area contributed by atoms with E-state index in [1.165, 1.54) is 24.1 Å². The Balaban J connectivity index is 1.35. The summed E-state index contributed by atoms with van der Waals surface area (Å²) in [6.07, 6.45) is 13.7. The van der Waals surface area contributed by atoms with E-state index in [1.807, 2.05) is 45.9 Å². The molecule has 2 fully saturated rings. The number of Topliss-reactive ketones (excluding diaryl/α,β-unsaturated/α-hetero) is 1. The van der Waals surface area contributed by atoms with Gasteiger partial charge in [-0.05, 0) is 106 Å². The molecule has 0 radical (unpaired) electrons. The van der Waals surface area contributed by atoms with Gasteiger partial charge in [-0.25, -0.2) is 9.82 Å². The maximum atomic E-state index is 14.5. The highest BCUT2D eigenvalue weighted by molar-refractivity contribution is 5.93. The van der Waals surface area contributed by atoms with Crippen LogP contribution in [0.3, 0.4) is 0 Å². The fourth-order valence-electron chi connectivity index (χ4n) is 10.9. The number of hydrogen-bond donors (Lipinski definition) is 8. The molecule has 4 aliphatic rings. The number of hydrogen-bond acceptors (Lipinski definition) is 13. The smallest absolute Gasteiger partial charge is 0.325 e. The largest absolute Gasteiger partial charge is 0.505 e. The number of piperidine rings is 1. The van der Waals surface area contributed by atoms with Crippen molar-refractivity contribution >= 4 is 35.4 Å². The SMILES string of the molecule is CC[C@H]1C[C@H](C)[C@@]2(NC1=O)O[C@@H](C[C@H](O)[C@@H](C)CC/C=C/C=C(\C)[C@@H]1C/C=C/C=C/[C@H](O)[C@H](C)[C@@H](O)[C@@H](CCC(C)=O)C(=O)N[C@@H](C(C)C)C(=O)N[C@@H](Cc3ccc(F)c(O)c3)C(=O)N3CCCC(N3)C(=O)O1)[C@H](C)C=C2C. The number of fused-ring (bicyclic) bond motifs is 2. The van der Waals surface area contributed by atoms with Crippen LogP contribution < -0.4 is 21.4 Å². The number of nitrogens with one attached hydrogen (secondary N) is 4. The topological polar surface area (TPSA) is 253 Å². The number of carbonyl (C=O) groups is 6. The second kappa shape index (κ2) is 29.1. The Labute approximate surface area is 460 Å². The first-order valence-corrected chi connectivity index (χ1v) is 28.1. The number of aromatic hydroxyl groups is 1. The number of aliphatic hydroxyl groups excluding tert-OH is 3. The Bertz CT molecular complexity index is 2420. The molecule has 1 unspecified atom stereocenters. The standard InChI is InChI=1S/C60H88FN5O12/c1-11-43-30-39(8)60(64-55(43)72)38(7)29-37(6)52(78-60)33-49(69)35(4)19-14-12-15-20-36(5)51-23-17-13-16-22-48(68)41(10)54(71)44(26-24-40(9)67)56(73)63-53(34(2)3)57(74)62-47(31-42-25-27-45(61)50(70)32-42)58(75)66-28-18-21-46(65-66)59(76)77-51/h12-13,15-17,20,22,25,27,29,32,34-35,37,39,41,43-44,46-49,51-54,65,68-71H,11,14,18-19,21,23-24,26,28,30-31,33H2,1-10H3,(H,62,74)(H,63,73)(H,64,72)/b15-12+,17-13+,22-16+,36-20+/t35-,37+,39-,41-,43-,44+,46?,47-,48-,49-,51-,52-,53-,54+,60-/m0/s1. The number of phenols is 1. The van der Waals surface area contributed by atoms with E-state index in [4.69, 9.17) is 9.47 Å². The summed E-state index contributed by atoms with van der Waals surface area (Å²) < 4.78 is 27.1. The summed E-state index contributed by atoms with van der Waals surface area (Å²) in [7, 11) is 0. The van der Waals surface area contributed by atoms with Gasteiger partial charge in [0.05, 0.1) is 30.3 Å². The number of ether oxygens (including phenoxy) is 2. The number of allylic oxidation sites excluding steroid dienone is 5. The zero-order chi connectivity index (χ0) is 57.6. The van der Waals surface area contributed by atoms with Crippen LogP contribution in [-0.4, -0.2) is 122 Å². The minimum Gasteiger partial charge on any atom is -0.505 e. The van der Waals surface area contributed by atoms with Gasteiger partial charge in [0.15, 0.2) is 17.3 Å². The van der Waals surface area contributed by atoms with Crippen LogP contribution in [0.5, 0.6) is 5.75 Å². The van der Waals surface area contributed by atoms with Crippen molar-refractivity contribution in [2.24, 2.45) is 41.4 Å². The molecule has 18 heteroatoms. The molecular weight excluding hydrogens is 1000 g/mol. The van der Waals surface area contributed by atoms with Crippen LogP contribution in [0.25, 0.3) is 0 Å². The van der Waals surface area contributed by atoms with Crippen molar-refractivity contribution in [1.82, 2.24) is 26.4 Å². The maximum absolute atomic E-state index is 14.5. The van der Waals surface area contributed by atoms with Crippen molar-refractivity contribution in [1.29, 1.82) is 0 Å². The van der Waals surface area contributed by atoms with Crippen LogP contribution in [-0.2, 0) is 44.7 Å². The molecule has 0 saturated carbocycles. The predicted octanol–water partition coefficient (Wildman–Crippen LogP) is 6.50. The Morgan fingerprint density at radius 1 is 1.01 bits per heavy atom. The molecule has 0 aliphatic carbocycles. The first kappa shape index (κ1) is 63.3. The highest BCUT2D eigenvalue weighted by Gasteiger charge is 2.51. The normalized spacial score (nSPS) is 33.0. The van der Waals surface area contributed by atoms with E-state index in [9.17, 15) is 53.6 Å². The molecule has 4 aliphatic heterocycles. The number of esters is 1. The number of aliphatic hydroxyl groups is 3. The Kier molecular flexibility index (Phi) is 23.6. The van der Waals surface area contributed by atoms with E-state index in [-0.39, 0.29) is 73.7 Å². The molecule has 78 heavy (non-hydrogen) atoms. The van der Waals surface area contributed by atoms with Gasteiger partial charge >= 0.3 is 5.97 Å². The highest BCUT2D eigenvalue weighted by atomic mass is 19.1. The average Bonchev–Trinajstić information content (AvgIpc) is 3.48. The molecule has 15 atom stereocenters. The molecule has 8 N–H and O–H groups in total. The number of rotatable bonds is 15. The number of benzene rings is 1. The van der Waals surface area contributed by atoms with Crippen molar-refractivity contribution in [3.63, 3.8) is 0 Å². The first-order chi connectivity index (χ1) is 36.9. The van der Waals surface area contributed by atoms with Crippen LogP contribution in [0.1, 0.15) is 139 Å². The van der Waals surface area contributed by atoms with Crippen molar-refractivity contribution in [2.45, 2.75) is 194 Å². The monoisotopic (exact) mass is 1090 g/mol. The molecule has 1 spiro atoms. The van der Waals surface area contributed by atoms with Crippen LogP contribution >= 0.6 is 0 Å². The summed E-state index contributed by atoms with van der Waals surface area (Å²) in [5, 5.41) is 54.4. The van der Waals surface area contributed by atoms with Crippen molar-refractivity contribution in [3.05, 3.63) is 89.3 Å². The molecule has 2 bridgehead atoms. The van der Waals surface area contributed by atoms with Gasteiger partial charge in [0.2, 0.25) is 17.7 Å². The van der Waals surface area contributed by atoms with Crippen LogP contribution in [0, 0.1) is 47.2 Å². The molecule has 0 aromatic heterocycles. The maximum Gasteiger partial charge on any atom is 0.325 e. The molecule has 4 amide bonds. The summed E-state index contributed by atoms with van der Waals surface area (Å²) in [6.45, 7) is 18.5. The third kappa shape index (κ3) is 16.8. The van der Waals surface area contributed by atoms with E-state index in [0.717, 1.165) is 30.5 Å². The number of phenolic OH excluding ortho intramolecular Hbond substituents is 1. The summed E-state index contributed by atoms with van der Waals surface area (Å²) in [5.74, 6) is -7.25. The van der Waals surface area contributed by atoms with E-state index in [0.29, 0.717) is 43.2 Å². The minimum atomic E-state index is -1.46. The number of halogens is 1. The lowest BCUT2D eigenvalue weighted by Gasteiger charge is -2.51. The second-order valence-corrected chi connectivity index (χ2v) is 22.8. The average molecular weight is 1090 g/mol. The number of nitrogens with zero attached hydrogens (tertiary/aromatic N) is 1. The Hall–Kier alpha value is -5.53. The van der Waals surface area contributed by atoms with Gasteiger partial charge in [0.25, 0.3) is 5.91 Å². The quantitative estimate of drug-likeness (QED) is 0.0532. The fraction of sp³-hybridized carbons (Fsp3) is 0.633. The van der Waals surface area contributed by atoms with E-state index in [1.54, 1.807) is 39.0 Å². The lowest BCUT2D eigenvalue weighted by molar-refractivity contribution is -0.179. The van der Waals surface area contributed by atoms with Crippen LogP contribution in [0.4, 0.5) is 4.39 Å². The molecule has 2 saturated heterocycles. The first-order valence-electron chi connectivity index (χ1n) is 28.1. The number of amides is 4. The van der Waals surface area contributed by atoms with Crippen molar-refractivity contribution < 1.29 is 63.1 Å².